The van der Waals surface area contributed by atoms with Crippen LogP contribution in [-0.2, 0) is 0 Å². The number of nitro groups is 1. The van der Waals surface area contributed by atoms with Crippen molar-refractivity contribution in [3.05, 3.63) is 27.3 Å². The predicted octanol–water partition coefficient (Wildman–Crippen LogP) is 1.66. The Bertz CT molecular complexity index is 633. The quantitative estimate of drug-likeness (QED) is 0.658. The molecule has 1 aromatic heterocycles. The SMILES string of the molecule is Cc1nc2cc(N3CC(N)C3)c([N+](=O)[O-])cc2s1. The number of hydrogen-bond acceptors (Lipinski definition) is 6. The summed E-state index contributed by atoms with van der Waals surface area (Å²) < 4.78 is 0.854. The fraction of sp³-hybridized carbons (Fsp3) is 0.364. The molecular formula is C11H12N4O2S. The molecule has 2 heterocycles. The van der Waals surface area contributed by atoms with Crippen molar-refractivity contribution >= 4 is 32.9 Å². The van der Waals surface area contributed by atoms with E-state index in [1.54, 1.807) is 12.1 Å². The highest BCUT2D eigenvalue weighted by atomic mass is 32.1. The van der Waals surface area contributed by atoms with Gasteiger partial charge in [0.2, 0.25) is 0 Å². The third-order valence-electron chi connectivity index (χ3n) is 3.04. The van der Waals surface area contributed by atoms with E-state index in [0.717, 1.165) is 15.2 Å². The number of aryl methyl sites for hydroxylation is 1. The summed E-state index contributed by atoms with van der Waals surface area (Å²) in [6.07, 6.45) is 0. The Morgan fingerprint density at radius 2 is 2.28 bits per heavy atom. The summed E-state index contributed by atoms with van der Waals surface area (Å²) in [6.45, 7) is 3.22. The molecule has 0 spiro atoms. The van der Waals surface area contributed by atoms with E-state index in [-0.39, 0.29) is 16.7 Å². The van der Waals surface area contributed by atoms with Gasteiger partial charge in [-0.1, -0.05) is 0 Å². The minimum Gasteiger partial charge on any atom is -0.363 e. The Morgan fingerprint density at radius 3 is 2.89 bits per heavy atom. The van der Waals surface area contributed by atoms with Crippen LogP contribution in [0.5, 0.6) is 0 Å². The molecule has 94 valence electrons. The van der Waals surface area contributed by atoms with Crippen LogP contribution in [0, 0.1) is 17.0 Å². The molecule has 0 atom stereocenters. The number of rotatable bonds is 2. The number of benzene rings is 1. The van der Waals surface area contributed by atoms with Crippen LogP contribution in [-0.4, -0.2) is 29.0 Å². The molecule has 18 heavy (non-hydrogen) atoms. The van der Waals surface area contributed by atoms with Crippen LogP contribution in [0.3, 0.4) is 0 Å². The predicted molar refractivity (Wildman–Crippen MR) is 71.2 cm³/mol. The molecule has 2 N–H and O–H groups in total. The maximum Gasteiger partial charge on any atom is 0.294 e. The van der Waals surface area contributed by atoms with Crippen LogP contribution in [0.15, 0.2) is 12.1 Å². The third kappa shape index (κ3) is 1.72. The van der Waals surface area contributed by atoms with E-state index in [2.05, 4.69) is 4.98 Å². The van der Waals surface area contributed by atoms with E-state index in [1.807, 2.05) is 11.8 Å². The van der Waals surface area contributed by atoms with Crippen molar-refractivity contribution in [1.29, 1.82) is 0 Å². The van der Waals surface area contributed by atoms with Gasteiger partial charge in [-0.3, -0.25) is 10.1 Å². The van der Waals surface area contributed by atoms with Gasteiger partial charge in [-0.05, 0) is 13.0 Å². The van der Waals surface area contributed by atoms with Gasteiger partial charge < -0.3 is 10.6 Å². The molecule has 1 aromatic carbocycles. The molecule has 0 unspecified atom stereocenters. The summed E-state index contributed by atoms with van der Waals surface area (Å²) in [4.78, 5) is 17.1. The molecule has 2 aromatic rings. The number of nitrogens with two attached hydrogens (primary N) is 1. The molecular weight excluding hydrogens is 252 g/mol. The van der Waals surface area contributed by atoms with Crippen molar-refractivity contribution in [2.24, 2.45) is 5.73 Å². The number of aromatic nitrogens is 1. The summed E-state index contributed by atoms with van der Waals surface area (Å²) in [7, 11) is 0. The summed E-state index contributed by atoms with van der Waals surface area (Å²) in [5.41, 5.74) is 7.30. The van der Waals surface area contributed by atoms with Crippen molar-refractivity contribution in [2.75, 3.05) is 18.0 Å². The lowest BCUT2D eigenvalue weighted by atomic mass is 10.1. The molecule has 6 nitrogen and oxygen atoms in total. The summed E-state index contributed by atoms with van der Waals surface area (Å²) in [6, 6.07) is 3.51. The van der Waals surface area contributed by atoms with Crippen molar-refractivity contribution in [2.45, 2.75) is 13.0 Å². The lowest BCUT2D eigenvalue weighted by Crippen LogP contribution is -2.56. The van der Waals surface area contributed by atoms with E-state index in [9.17, 15) is 10.1 Å². The molecule has 0 bridgehead atoms. The monoisotopic (exact) mass is 264 g/mol. The fourth-order valence-corrected chi connectivity index (χ4v) is 3.02. The highest BCUT2D eigenvalue weighted by molar-refractivity contribution is 7.18. The van der Waals surface area contributed by atoms with Crippen LogP contribution in [0.2, 0.25) is 0 Å². The lowest BCUT2D eigenvalue weighted by Gasteiger charge is -2.38. The number of hydrogen-bond donors (Lipinski definition) is 1. The van der Waals surface area contributed by atoms with Gasteiger partial charge in [0.25, 0.3) is 5.69 Å². The van der Waals surface area contributed by atoms with Crippen LogP contribution >= 0.6 is 11.3 Å². The van der Waals surface area contributed by atoms with Gasteiger partial charge in [0.15, 0.2) is 0 Å². The number of fused-ring (bicyclic) bond motifs is 1. The van der Waals surface area contributed by atoms with Gasteiger partial charge in [-0.15, -0.1) is 11.3 Å². The normalized spacial score (nSPS) is 16.0. The molecule has 7 heteroatoms. The van der Waals surface area contributed by atoms with Crippen molar-refractivity contribution in [3.8, 4) is 0 Å². The summed E-state index contributed by atoms with van der Waals surface area (Å²) in [5, 5.41) is 12.0. The van der Waals surface area contributed by atoms with Crippen LogP contribution in [0.4, 0.5) is 11.4 Å². The molecule has 1 saturated heterocycles. The maximum absolute atomic E-state index is 11.1. The van der Waals surface area contributed by atoms with Crippen molar-refractivity contribution in [1.82, 2.24) is 4.98 Å². The second kappa shape index (κ2) is 3.89. The molecule has 0 saturated carbocycles. The van der Waals surface area contributed by atoms with Crippen molar-refractivity contribution in [3.63, 3.8) is 0 Å². The lowest BCUT2D eigenvalue weighted by molar-refractivity contribution is -0.384. The Labute approximate surface area is 107 Å². The third-order valence-corrected chi connectivity index (χ3v) is 3.97. The summed E-state index contributed by atoms with van der Waals surface area (Å²) >= 11 is 1.47. The zero-order valence-electron chi connectivity index (χ0n) is 9.79. The van der Waals surface area contributed by atoms with E-state index < -0.39 is 0 Å². The van der Waals surface area contributed by atoms with Gasteiger partial charge in [-0.25, -0.2) is 4.98 Å². The Hall–Kier alpha value is -1.73. The Balaban J connectivity index is 2.14. The number of thiazole rings is 1. The summed E-state index contributed by atoms with van der Waals surface area (Å²) in [5.74, 6) is 0. The van der Waals surface area contributed by atoms with Gasteiger partial charge in [-0.2, -0.15) is 0 Å². The molecule has 1 aliphatic heterocycles. The first-order chi connectivity index (χ1) is 8.54. The zero-order chi connectivity index (χ0) is 12.9. The largest absolute Gasteiger partial charge is 0.363 e. The van der Waals surface area contributed by atoms with Crippen LogP contribution in [0.25, 0.3) is 10.2 Å². The fourth-order valence-electron chi connectivity index (χ4n) is 2.18. The molecule has 0 aliphatic carbocycles. The van der Waals surface area contributed by atoms with Gasteiger partial charge in [0.1, 0.15) is 5.69 Å². The Morgan fingerprint density at radius 1 is 1.56 bits per heavy atom. The number of anilines is 1. The molecule has 1 aliphatic rings. The van der Waals surface area contributed by atoms with Gasteiger partial charge >= 0.3 is 0 Å². The first kappa shape index (κ1) is 11.4. The first-order valence-electron chi connectivity index (χ1n) is 5.60. The average molecular weight is 264 g/mol. The zero-order valence-corrected chi connectivity index (χ0v) is 10.6. The minimum atomic E-state index is -0.340. The maximum atomic E-state index is 11.1. The van der Waals surface area contributed by atoms with Crippen LogP contribution < -0.4 is 10.6 Å². The van der Waals surface area contributed by atoms with Gasteiger partial charge in [0.05, 0.1) is 20.1 Å². The average Bonchev–Trinajstić information content (AvgIpc) is 2.62. The first-order valence-corrected chi connectivity index (χ1v) is 6.42. The molecule has 0 amide bonds. The number of nitrogens with zero attached hydrogens (tertiary/aromatic N) is 3. The second-order valence-corrected chi connectivity index (χ2v) is 5.70. The molecule has 0 radical (unpaired) electrons. The Kier molecular flexibility index (Phi) is 2.46. The molecule has 3 rings (SSSR count). The molecule has 1 fully saturated rings. The standard InChI is InChI=1S/C11H12N4O2S/c1-6-13-8-2-9(14-4-7(12)5-14)10(15(16)17)3-11(8)18-6/h2-3,7H,4-5,12H2,1H3. The number of nitro benzene ring substituents is 1. The minimum absolute atomic E-state index is 0.109. The van der Waals surface area contributed by atoms with Crippen molar-refractivity contribution < 1.29 is 4.92 Å². The topological polar surface area (TPSA) is 85.3 Å². The van der Waals surface area contributed by atoms with Crippen LogP contribution in [0.1, 0.15) is 5.01 Å². The highest BCUT2D eigenvalue weighted by Crippen LogP contribution is 2.36. The van der Waals surface area contributed by atoms with Gasteiger partial charge in [0, 0.05) is 25.2 Å². The smallest absolute Gasteiger partial charge is 0.294 e. The highest BCUT2D eigenvalue weighted by Gasteiger charge is 2.29. The van der Waals surface area contributed by atoms with E-state index >= 15 is 0 Å². The van der Waals surface area contributed by atoms with E-state index in [4.69, 9.17) is 5.73 Å². The van der Waals surface area contributed by atoms with E-state index in [1.165, 1.54) is 11.3 Å². The second-order valence-electron chi connectivity index (χ2n) is 4.46. The van der Waals surface area contributed by atoms with E-state index in [0.29, 0.717) is 18.8 Å².